The van der Waals surface area contributed by atoms with Gasteiger partial charge in [0.15, 0.2) is 0 Å². The molecular weight excluding hydrogens is 180 g/mol. The van der Waals surface area contributed by atoms with Crippen LogP contribution >= 0.6 is 0 Å². The average molecular weight is 198 g/mol. The van der Waals surface area contributed by atoms with E-state index >= 15 is 0 Å². The zero-order chi connectivity index (χ0) is 11.2. The van der Waals surface area contributed by atoms with Crippen LogP contribution in [0.15, 0.2) is 0 Å². The van der Waals surface area contributed by atoms with Crippen molar-refractivity contribution >= 4 is 5.91 Å². The van der Waals surface area contributed by atoms with E-state index < -0.39 is 5.60 Å². The summed E-state index contributed by atoms with van der Waals surface area (Å²) in [6, 6.07) is 1.87. The SMILES string of the molecule is CCC(C)(OC)C(=O)NC(C)CC#N. The first kappa shape index (κ1) is 12.9. The van der Waals surface area contributed by atoms with Crippen molar-refractivity contribution in [1.82, 2.24) is 5.32 Å². The van der Waals surface area contributed by atoms with Crippen molar-refractivity contribution in [2.24, 2.45) is 0 Å². The van der Waals surface area contributed by atoms with Crippen LogP contribution in [0, 0.1) is 11.3 Å². The van der Waals surface area contributed by atoms with Gasteiger partial charge in [-0.25, -0.2) is 0 Å². The number of rotatable bonds is 5. The Morgan fingerprint density at radius 2 is 2.29 bits per heavy atom. The summed E-state index contributed by atoms with van der Waals surface area (Å²) in [4.78, 5) is 11.7. The van der Waals surface area contributed by atoms with Crippen LogP contribution in [0.1, 0.15) is 33.6 Å². The molecule has 0 aliphatic heterocycles. The fourth-order valence-electron chi connectivity index (χ4n) is 0.962. The van der Waals surface area contributed by atoms with Gasteiger partial charge in [0.05, 0.1) is 12.5 Å². The van der Waals surface area contributed by atoms with Crippen molar-refractivity contribution in [2.45, 2.75) is 45.3 Å². The fraction of sp³-hybridized carbons (Fsp3) is 0.800. The molecule has 0 heterocycles. The van der Waals surface area contributed by atoms with E-state index in [9.17, 15) is 4.79 Å². The normalized spacial score (nSPS) is 16.5. The minimum atomic E-state index is -0.788. The molecule has 0 aliphatic carbocycles. The monoisotopic (exact) mass is 198 g/mol. The minimum absolute atomic E-state index is 0.131. The van der Waals surface area contributed by atoms with E-state index in [-0.39, 0.29) is 11.9 Å². The Morgan fingerprint density at radius 3 is 2.64 bits per heavy atom. The average Bonchev–Trinajstić information content (AvgIpc) is 2.16. The van der Waals surface area contributed by atoms with Gasteiger partial charge in [-0.15, -0.1) is 0 Å². The molecule has 1 N–H and O–H groups in total. The molecule has 4 heteroatoms. The molecule has 0 aromatic rings. The highest BCUT2D eigenvalue weighted by molar-refractivity contribution is 5.84. The van der Waals surface area contributed by atoms with Crippen LogP contribution in [0.4, 0.5) is 0 Å². The van der Waals surface area contributed by atoms with E-state index in [2.05, 4.69) is 5.32 Å². The van der Waals surface area contributed by atoms with Gasteiger partial charge in [-0.2, -0.15) is 5.26 Å². The van der Waals surface area contributed by atoms with Gasteiger partial charge in [-0.3, -0.25) is 4.79 Å². The van der Waals surface area contributed by atoms with Gasteiger partial charge < -0.3 is 10.1 Å². The number of nitrogens with one attached hydrogen (secondary N) is 1. The lowest BCUT2D eigenvalue weighted by Crippen LogP contribution is -2.48. The van der Waals surface area contributed by atoms with Crippen molar-refractivity contribution < 1.29 is 9.53 Å². The molecule has 0 radical (unpaired) electrons. The van der Waals surface area contributed by atoms with E-state index in [1.165, 1.54) is 7.11 Å². The summed E-state index contributed by atoms with van der Waals surface area (Å²) < 4.78 is 5.13. The second kappa shape index (κ2) is 5.61. The van der Waals surface area contributed by atoms with Crippen LogP contribution in [-0.2, 0) is 9.53 Å². The Balaban J connectivity index is 4.26. The summed E-state index contributed by atoms with van der Waals surface area (Å²) >= 11 is 0. The summed E-state index contributed by atoms with van der Waals surface area (Å²) in [5.41, 5.74) is -0.788. The number of carbonyl (C=O) groups is 1. The maximum absolute atomic E-state index is 11.7. The molecule has 1 amide bonds. The van der Waals surface area contributed by atoms with Crippen molar-refractivity contribution in [2.75, 3.05) is 7.11 Å². The number of ether oxygens (including phenoxy) is 1. The number of nitrogens with zero attached hydrogens (tertiary/aromatic N) is 1. The lowest BCUT2D eigenvalue weighted by Gasteiger charge is -2.26. The van der Waals surface area contributed by atoms with Gasteiger partial charge in [-0.05, 0) is 20.3 Å². The van der Waals surface area contributed by atoms with Crippen LogP contribution in [-0.4, -0.2) is 24.7 Å². The third-order valence-corrected chi connectivity index (χ3v) is 2.38. The first-order valence-corrected chi connectivity index (χ1v) is 4.73. The Hall–Kier alpha value is -1.08. The molecule has 0 saturated carbocycles. The fourth-order valence-corrected chi connectivity index (χ4v) is 0.962. The highest BCUT2D eigenvalue weighted by atomic mass is 16.5. The number of amides is 1. The number of hydrogen-bond acceptors (Lipinski definition) is 3. The standard InChI is InChI=1S/C10H18N2O2/c1-5-10(3,14-4)9(13)12-8(2)6-7-11/h8H,5-6H2,1-4H3,(H,12,13). The van der Waals surface area contributed by atoms with Crippen LogP contribution in [0.2, 0.25) is 0 Å². The largest absolute Gasteiger partial charge is 0.369 e. The molecule has 4 nitrogen and oxygen atoms in total. The van der Waals surface area contributed by atoms with Crippen LogP contribution in [0.5, 0.6) is 0 Å². The third-order valence-electron chi connectivity index (χ3n) is 2.38. The molecule has 2 atom stereocenters. The maximum Gasteiger partial charge on any atom is 0.252 e. The second-order valence-corrected chi connectivity index (χ2v) is 3.53. The zero-order valence-electron chi connectivity index (χ0n) is 9.26. The Kier molecular flexibility index (Phi) is 5.18. The van der Waals surface area contributed by atoms with Gasteiger partial charge in [0.2, 0.25) is 0 Å². The molecule has 0 saturated heterocycles. The van der Waals surface area contributed by atoms with Gasteiger partial charge >= 0.3 is 0 Å². The number of hydrogen-bond donors (Lipinski definition) is 1. The predicted molar refractivity (Wildman–Crippen MR) is 53.5 cm³/mol. The minimum Gasteiger partial charge on any atom is -0.369 e. The molecule has 0 aromatic carbocycles. The third kappa shape index (κ3) is 3.35. The molecule has 0 aliphatic rings. The molecular formula is C10H18N2O2. The molecule has 80 valence electrons. The number of methoxy groups -OCH3 is 1. The number of nitriles is 1. The highest BCUT2D eigenvalue weighted by Crippen LogP contribution is 2.14. The summed E-state index contributed by atoms with van der Waals surface area (Å²) in [6.45, 7) is 5.42. The van der Waals surface area contributed by atoms with E-state index in [1.54, 1.807) is 13.8 Å². The molecule has 14 heavy (non-hydrogen) atoms. The van der Waals surface area contributed by atoms with Gasteiger partial charge in [0.1, 0.15) is 5.60 Å². The quantitative estimate of drug-likeness (QED) is 0.722. The van der Waals surface area contributed by atoms with E-state index in [1.807, 2.05) is 13.0 Å². The smallest absolute Gasteiger partial charge is 0.252 e. The van der Waals surface area contributed by atoms with Crippen LogP contribution in [0.25, 0.3) is 0 Å². The first-order valence-electron chi connectivity index (χ1n) is 4.73. The van der Waals surface area contributed by atoms with E-state index in [0.717, 1.165) is 0 Å². The van der Waals surface area contributed by atoms with Crippen molar-refractivity contribution in [1.29, 1.82) is 5.26 Å². The lowest BCUT2D eigenvalue weighted by atomic mass is 10.0. The molecule has 2 unspecified atom stereocenters. The van der Waals surface area contributed by atoms with Gasteiger partial charge in [-0.1, -0.05) is 6.92 Å². The van der Waals surface area contributed by atoms with E-state index in [4.69, 9.17) is 10.00 Å². The van der Waals surface area contributed by atoms with Crippen LogP contribution < -0.4 is 5.32 Å². The lowest BCUT2D eigenvalue weighted by molar-refractivity contribution is -0.142. The molecule has 0 bridgehead atoms. The topological polar surface area (TPSA) is 62.1 Å². The van der Waals surface area contributed by atoms with Crippen molar-refractivity contribution in [3.8, 4) is 6.07 Å². The van der Waals surface area contributed by atoms with Crippen LogP contribution in [0.3, 0.4) is 0 Å². The molecule has 0 rings (SSSR count). The highest BCUT2D eigenvalue weighted by Gasteiger charge is 2.31. The van der Waals surface area contributed by atoms with Gasteiger partial charge in [0.25, 0.3) is 5.91 Å². The second-order valence-electron chi connectivity index (χ2n) is 3.53. The Bertz CT molecular complexity index is 229. The first-order chi connectivity index (χ1) is 6.50. The maximum atomic E-state index is 11.7. The molecule has 0 fully saturated rings. The van der Waals surface area contributed by atoms with Crippen molar-refractivity contribution in [3.63, 3.8) is 0 Å². The Morgan fingerprint density at radius 1 is 1.71 bits per heavy atom. The summed E-state index contributed by atoms with van der Waals surface area (Å²) in [5.74, 6) is -0.162. The summed E-state index contributed by atoms with van der Waals surface area (Å²) in [6.07, 6.45) is 0.920. The van der Waals surface area contributed by atoms with Gasteiger partial charge in [0, 0.05) is 13.2 Å². The zero-order valence-corrected chi connectivity index (χ0v) is 9.26. The predicted octanol–water partition coefficient (Wildman–Crippen LogP) is 1.22. The van der Waals surface area contributed by atoms with E-state index in [0.29, 0.717) is 12.8 Å². The summed E-state index contributed by atoms with van der Waals surface area (Å²) in [7, 11) is 1.51. The molecule has 0 aromatic heterocycles. The molecule has 0 spiro atoms. The summed E-state index contributed by atoms with van der Waals surface area (Å²) in [5, 5.41) is 11.2. The number of carbonyl (C=O) groups excluding carboxylic acids is 1. The Labute approximate surface area is 85.2 Å². The van der Waals surface area contributed by atoms with Crippen molar-refractivity contribution in [3.05, 3.63) is 0 Å².